The van der Waals surface area contributed by atoms with Crippen LogP contribution in [-0.2, 0) is 28.6 Å². The normalized spacial score (nSPS) is 13.1. The van der Waals surface area contributed by atoms with E-state index in [0.717, 1.165) is 75.5 Å². The molecule has 0 N–H and O–H groups in total. The third-order valence-corrected chi connectivity index (χ3v) is 12.9. The van der Waals surface area contributed by atoms with E-state index in [0.29, 0.717) is 19.3 Å². The molecule has 0 heterocycles. The van der Waals surface area contributed by atoms with E-state index in [1.807, 2.05) is 0 Å². The summed E-state index contributed by atoms with van der Waals surface area (Å²) in [5, 5.41) is 0. The van der Waals surface area contributed by atoms with Gasteiger partial charge in [0, 0.05) is 19.3 Å². The summed E-state index contributed by atoms with van der Waals surface area (Å²) in [5.74, 6) is 1.69. The predicted octanol–water partition coefficient (Wildman–Crippen LogP) is 17.2. The molecule has 0 rings (SSSR count). The maximum atomic E-state index is 12.8. The minimum absolute atomic E-state index is 0.0650. The molecule has 0 saturated carbocycles. The lowest BCUT2D eigenvalue weighted by Crippen LogP contribution is -2.30. The van der Waals surface area contributed by atoms with Crippen LogP contribution < -0.4 is 0 Å². The second-order valence-electron chi connectivity index (χ2n) is 19.5. The fraction of sp³-hybridized carbons (Fsp3) is 0.944. The molecule has 0 aliphatic heterocycles. The van der Waals surface area contributed by atoms with Crippen LogP contribution in [0.4, 0.5) is 0 Å². The largest absolute Gasteiger partial charge is 0.462 e. The van der Waals surface area contributed by atoms with E-state index in [1.54, 1.807) is 0 Å². The number of rotatable bonds is 47. The first kappa shape index (κ1) is 58.4. The second kappa shape index (κ2) is 45.4. The van der Waals surface area contributed by atoms with Gasteiger partial charge in [-0.1, -0.05) is 253 Å². The van der Waals surface area contributed by atoms with Crippen LogP contribution in [-0.4, -0.2) is 37.2 Å². The Morgan fingerprint density at radius 1 is 0.333 bits per heavy atom. The van der Waals surface area contributed by atoms with Gasteiger partial charge in [0.2, 0.25) is 0 Å². The minimum Gasteiger partial charge on any atom is -0.462 e. The average Bonchev–Trinajstić information content (AvgIpc) is 3.23. The Balaban J connectivity index is 4.28. The molecule has 3 atom stereocenters. The highest BCUT2D eigenvalue weighted by atomic mass is 16.6. The predicted molar refractivity (Wildman–Crippen MR) is 256 cm³/mol. The summed E-state index contributed by atoms with van der Waals surface area (Å²) >= 11 is 0. The Hall–Kier alpha value is -1.59. The summed E-state index contributed by atoms with van der Waals surface area (Å²) < 4.78 is 16.8. The molecule has 356 valence electrons. The van der Waals surface area contributed by atoms with Gasteiger partial charge in [0.05, 0.1) is 0 Å². The van der Waals surface area contributed by atoms with E-state index in [9.17, 15) is 14.4 Å². The van der Waals surface area contributed by atoms with Crippen molar-refractivity contribution in [2.75, 3.05) is 13.2 Å². The van der Waals surface area contributed by atoms with E-state index < -0.39 is 6.10 Å². The van der Waals surface area contributed by atoms with Gasteiger partial charge in [-0.05, 0) is 37.0 Å². The van der Waals surface area contributed by atoms with Crippen molar-refractivity contribution in [1.82, 2.24) is 0 Å². The quantitative estimate of drug-likeness (QED) is 0.0345. The molecule has 0 aromatic rings. The molecule has 2 unspecified atom stereocenters. The van der Waals surface area contributed by atoms with Crippen molar-refractivity contribution >= 4 is 17.9 Å². The molecule has 6 nitrogen and oxygen atoms in total. The molecule has 0 aromatic carbocycles. The summed E-state index contributed by atoms with van der Waals surface area (Å²) in [5.41, 5.74) is 0. The smallest absolute Gasteiger partial charge is 0.306 e. The highest BCUT2D eigenvalue weighted by Gasteiger charge is 2.19. The zero-order valence-corrected chi connectivity index (χ0v) is 41.3. The van der Waals surface area contributed by atoms with Crippen LogP contribution in [0.5, 0.6) is 0 Å². The van der Waals surface area contributed by atoms with Crippen molar-refractivity contribution in [3.8, 4) is 0 Å². The second-order valence-corrected chi connectivity index (χ2v) is 19.5. The molecule has 0 aliphatic rings. The average molecular weight is 849 g/mol. The fourth-order valence-corrected chi connectivity index (χ4v) is 8.05. The van der Waals surface area contributed by atoms with Crippen molar-refractivity contribution < 1.29 is 28.6 Å². The molecule has 0 radical (unpaired) electrons. The fourth-order valence-electron chi connectivity index (χ4n) is 8.05. The molecule has 0 saturated heterocycles. The number of ether oxygens (including phenoxy) is 3. The first-order valence-electron chi connectivity index (χ1n) is 26.7. The Morgan fingerprint density at radius 3 is 0.867 bits per heavy atom. The standard InChI is InChI=1S/C54H104O6/c1-7-49(5)41-35-29-23-17-13-11-9-10-12-14-19-25-31-37-43-52(55)58-46-51(47-59-53(56)44-38-32-27-21-22-28-34-40-48(3)4)60-54(57)45-39-33-26-20-16-15-18-24-30-36-42-50(6)8-2/h48-51H,7-47H2,1-6H3/t49?,50?,51-/m1/s1. The number of carbonyl (C=O) groups is 3. The van der Waals surface area contributed by atoms with Gasteiger partial charge in [0.15, 0.2) is 6.10 Å². The van der Waals surface area contributed by atoms with Crippen LogP contribution in [0.15, 0.2) is 0 Å². The van der Waals surface area contributed by atoms with Crippen LogP contribution >= 0.6 is 0 Å². The van der Waals surface area contributed by atoms with Crippen molar-refractivity contribution in [1.29, 1.82) is 0 Å². The van der Waals surface area contributed by atoms with Gasteiger partial charge in [-0.15, -0.1) is 0 Å². The third kappa shape index (κ3) is 44.5. The van der Waals surface area contributed by atoms with E-state index in [-0.39, 0.29) is 31.1 Å². The maximum absolute atomic E-state index is 12.8. The van der Waals surface area contributed by atoms with Crippen molar-refractivity contribution in [2.45, 2.75) is 298 Å². The monoisotopic (exact) mass is 849 g/mol. The van der Waals surface area contributed by atoms with Gasteiger partial charge in [0.25, 0.3) is 0 Å². The van der Waals surface area contributed by atoms with Gasteiger partial charge >= 0.3 is 17.9 Å². The van der Waals surface area contributed by atoms with E-state index >= 15 is 0 Å². The molecule has 60 heavy (non-hydrogen) atoms. The topological polar surface area (TPSA) is 78.9 Å². The number of unbranched alkanes of at least 4 members (excludes halogenated alkanes) is 28. The van der Waals surface area contributed by atoms with Crippen LogP contribution in [0.3, 0.4) is 0 Å². The van der Waals surface area contributed by atoms with Gasteiger partial charge in [-0.2, -0.15) is 0 Å². The van der Waals surface area contributed by atoms with E-state index in [2.05, 4.69) is 41.5 Å². The van der Waals surface area contributed by atoms with Crippen LogP contribution in [0.25, 0.3) is 0 Å². The number of esters is 3. The summed E-state index contributed by atoms with van der Waals surface area (Å²) in [7, 11) is 0. The van der Waals surface area contributed by atoms with E-state index in [1.165, 1.54) is 173 Å². The van der Waals surface area contributed by atoms with Crippen molar-refractivity contribution in [3.05, 3.63) is 0 Å². The Kier molecular flexibility index (Phi) is 44.2. The summed E-state index contributed by atoms with van der Waals surface area (Å²) in [6, 6.07) is 0. The van der Waals surface area contributed by atoms with Gasteiger partial charge in [-0.25, -0.2) is 0 Å². The molecule has 0 aliphatic carbocycles. The molecule has 0 amide bonds. The number of hydrogen-bond donors (Lipinski definition) is 0. The summed E-state index contributed by atoms with van der Waals surface area (Å²) in [6.07, 6.45) is 45.1. The summed E-state index contributed by atoms with van der Waals surface area (Å²) in [6.45, 7) is 13.7. The highest BCUT2D eigenvalue weighted by Crippen LogP contribution is 2.18. The summed E-state index contributed by atoms with van der Waals surface area (Å²) in [4.78, 5) is 37.9. The Labute approximate surface area is 374 Å². The van der Waals surface area contributed by atoms with Crippen LogP contribution in [0.1, 0.15) is 292 Å². The molecule has 0 spiro atoms. The minimum atomic E-state index is -0.763. The SMILES string of the molecule is CCC(C)CCCCCCCCCCCCCCCCC(=O)OC[C@H](COC(=O)CCCCCCCCCC(C)C)OC(=O)CCCCCCCCCCCCC(C)CC. The van der Waals surface area contributed by atoms with Crippen LogP contribution in [0, 0.1) is 17.8 Å². The molecule has 0 fully saturated rings. The molecule has 0 aromatic heterocycles. The van der Waals surface area contributed by atoms with Gasteiger partial charge < -0.3 is 14.2 Å². The van der Waals surface area contributed by atoms with Crippen molar-refractivity contribution in [2.24, 2.45) is 17.8 Å². The maximum Gasteiger partial charge on any atom is 0.306 e. The zero-order chi connectivity index (χ0) is 44.2. The first-order valence-corrected chi connectivity index (χ1v) is 26.7. The lowest BCUT2D eigenvalue weighted by Gasteiger charge is -2.18. The third-order valence-electron chi connectivity index (χ3n) is 12.9. The lowest BCUT2D eigenvalue weighted by molar-refractivity contribution is -0.167. The Bertz CT molecular complexity index is 933. The molecule has 6 heteroatoms. The molecule has 0 bridgehead atoms. The molecular weight excluding hydrogens is 745 g/mol. The van der Waals surface area contributed by atoms with E-state index in [4.69, 9.17) is 14.2 Å². The van der Waals surface area contributed by atoms with Crippen LogP contribution in [0.2, 0.25) is 0 Å². The highest BCUT2D eigenvalue weighted by molar-refractivity contribution is 5.71. The van der Waals surface area contributed by atoms with Crippen molar-refractivity contribution in [3.63, 3.8) is 0 Å². The number of hydrogen-bond acceptors (Lipinski definition) is 6. The number of carbonyl (C=O) groups excluding carboxylic acids is 3. The zero-order valence-electron chi connectivity index (χ0n) is 41.3. The Morgan fingerprint density at radius 2 is 0.583 bits per heavy atom. The van der Waals surface area contributed by atoms with Gasteiger partial charge in [0.1, 0.15) is 13.2 Å². The van der Waals surface area contributed by atoms with Gasteiger partial charge in [-0.3, -0.25) is 14.4 Å². The molecular formula is C54H104O6. The first-order chi connectivity index (χ1) is 29.2. The lowest BCUT2D eigenvalue weighted by atomic mass is 9.99.